The van der Waals surface area contributed by atoms with Crippen LogP contribution in [0.5, 0.6) is 0 Å². The Morgan fingerprint density at radius 3 is 2.83 bits per heavy atom. The molecule has 1 atom stereocenters. The highest BCUT2D eigenvalue weighted by Crippen LogP contribution is 2.14. The van der Waals surface area contributed by atoms with Gasteiger partial charge in [-0.15, -0.1) is 0 Å². The SMILES string of the molecule is N[C@H]1CCN(Cc2nccn2-c2ccccc2)C1. The molecule has 0 radical (unpaired) electrons. The van der Waals surface area contributed by atoms with Gasteiger partial charge in [0.25, 0.3) is 0 Å². The van der Waals surface area contributed by atoms with Crippen molar-refractivity contribution in [2.45, 2.75) is 19.0 Å². The van der Waals surface area contributed by atoms with Crippen LogP contribution in [0.25, 0.3) is 5.69 Å². The molecule has 4 heteroatoms. The Bertz CT molecular complexity index is 506. The molecule has 2 aromatic rings. The number of imidazole rings is 1. The zero-order valence-corrected chi connectivity index (χ0v) is 10.4. The number of likely N-dealkylation sites (tertiary alicyclic amines) is 1. The number of hydrogen-bond acceptors (Lipinski definition) is 3. The smallest absolute Gasteiger partial charge is 0.127 e. The molecule has 2 N–H and O–H groups in total. The van der Waals surface area contributed by atoms with E-state index in [0.717, 1.165) is 37.6 Å². The summed E-state index contributed by atoms with van der Waals surface area (Å²) in [5.41, 5.74) is 7.10. The van der Waals surface area contributed by atoms with E-state index in [4.69, 9.17) is 5.73 Å². The van der Waals surface area contributed by atoms with Crippen LogP contribution < -0.4 is 5.73 Å². The minimum absolute atomic E-state index is 0.324. The van der Waals surface area contributed by atoms with Crippen molar-refractivity contribution < 1.29 is 0 Å². The highest BCUT2D eigenvalue weighted by atomic mass is 15.2. The fraction of sp³-hybridized carbons (Fsp3) is 0.357. The van der Waals surface area contributed by atoms with E-state index in [0.29, 0.717) is 6.04 Å². The molecule has 18 heavy (non-hydrogen) atoms. The molecule has 94 valence electrons. The highest BCUT2D eigenvalue weighted by molar-refractivity contribution is 5.32. The number of para-hydroxylation sites is 1. The maximum Gasteiger partial charge on any atom is 0.127 e. The third-order valence-corrected chi connectivity index (χ3v) is 3.43. The third-order valence-electron chi connectivity index (χ3n) is 3.43. The fourth-order valence-electron chi connectivity index (χ4n) is 2.48. The summed E-state index contributed by atoms with van der Waals surface area (Å²) in [6, 6.07) is 10.6. The maximum atomic E-state index is 5.93. The molecule has 0 bridgehead atoms. The van der Waals surface area contributed by atoms with Gasteiger partial charge in [0, 0.05) is 37.2 Å². The monoisotopic (exact) mass is 242 g/mol. The van der Waals surface area contributed by atoms with Crippen molar-refractivity contribution in [3.8, 4) is 5.69 Å². The molecule has 1 aliphatic rings. The lowest BCUT2D eigenvalue weighted by Gasteiger charge is -2.16. The Morgan fingerprint density at radius 1 is 1.28 bits per heavy atom. The molecule has 1 aromatic heterocycles. The Hall–Kier alpha value is -1.65. The van der Waals surface area contributed by atoms with Crippen molar-refractivity contribution in [1.29, 1.82) is 0 Å². The van der Waals surface area contributed by atoms with Gasteiger partial charge in [-0.3, -0.25) is 4.90 Å². The largest absolute Gasteiger partial charge is 0.326 e. The first-order valence-electron chi connectivity index (χ1n) is 6.38. The first-order valence-corrected chi connectivity index (χ1v) is 6.38. The van der Waals surface area contributed by atoms with Crippen LogP contribution in [0.3, 0.4) is 0 Å². The van der Waals surface area contributed by atoms with Gasteiger partial charge in [-0.25, -0.2) is 4.98 Å². The standard InChI is InChI=1S/C14H18N4/c15-12-6-8-17(10-12)11-14-16-7-9-18(14)13-4-2-1-3-5-13/h1-5,7,9,12H,6,8,10-11,15H2/t12-/m0/s1. The second-order valence-corrected chi connectivity index (χ2v) is 4.83. The minimum Gasteiger partial charge on any atom is -0.326 e. The Balaban J connectivity index is 1.80. The van der Waals surface area contributed by atoms with Crippen LogP contribution in [0.15, 0.2) is 42.7 Å². The number of hydrogen-bond donors (Lipinski definition) is 1. The van der Waals surface area contributed by atoms with Crippen molar-refractivity contribution in [2.24, 2.45) is 5.73 Å². The number of rotatable bonds is 3. The van der Waals surface area contributed by atoms with Crippen LogP contribution >= 0.6 is 0 Å². The summed E-state index contributed by atoms with van der Waals surface area (Å²) in [5, 5.41) is 0. The average molecular weight is 242 g/mol. The second-order valence-electron chi connectivity index (χ2n) is 4.83. The lowest BCUT2D eigenvalue weighted by molar-refractivity contribution is 0.316. The van der Waals surface area contributed by atoms with E-state index in [-0.39, 0.29) is 0 Å². The van der Waals surface area contributed by atoms with Gasteiger partial charge < -0.3 is 10.3 Å². The van der Waals surface area contributed by atoms with E-state index >= 15 is 0 Å². The molecule has 0 saturated carbocycles. The van der Waals surface area contributed by atoms with Gasteiger partial charge in [-0.05, 0) is 18.6 Å². The van der Waals surface area contributed by atoms with Crippen LogP contribution in [-0.2, 0) is 6.54 Å². The second kappa shape index (κ2) is 4.92. The van der Waals surface area contributed by atoms with Crippen molar-refractivity contribution in [1.82, 2.24) is 14.5 Å². The van der Waals surface area contributed by atoms with Crippen LogP contribution in [0.4, 0.5) is 0 Å². The molecule has 2 heterocycles. The van der Waals surface area contributed by atoms with Gasteiger partial charge in [0.05, 0.1) is 6.54 Å². The van der Waals surface area contributed by atoms with Gasteiger partial charge in [0.2, 0.25) is 0 Å². The first-order chi connectivity index (χ1) is 8.83. The normalized spacial score (nSPS) is 20.4. The van der Waals surface area contributed by atoms with E-state index in [1.807, 2.05) is 30.6 Å². The predicted molar refractivity (Wildman–Crippen MR) is 71.4 cm³/mol. The van der Waals surface area contributed by atoms with Crippen molar-refractivity contribution in [3.05, 3.63) is 48.5 Å². The Morgan fingerprint density at radius 2 is 2.11 bits per heavy atom. The maximum absolute atomic E-state index is 5.93. The van der Waals surface area contributed by atoms with Crippen LogP contribution in [0.2, 0.25) is 0 Å². The van der Waals surface area contributed by atoms with Gasteiger partial charge in [-0.2, -0.15) is 0 Å². The molecular formula is C14H18N4. The lowest BCUT2D eigenvalue weighted by Crippen LogP contribution is -2.27. The van der Waals surface area contributed by atoms with Crippen molar-refractivity contribution in [2.75, 3.05) is 13.1 Å². The lowest BCUT2D eigenvalue weighted by atomic mass is 10.3. The molecule has 1 aromatic carbocycles. The Labute approximate surface area is 107 Å². The molecular weight excluding hydrogens is 224 g/mol. The predicted octanol–water partition coefficient (Wildman–Crippen LogP) is 1.41. The quantitative estimate of drug-likeness (QED) is 0.885. The van der Waals surface area contributed by atoms with Crippen molar-refractivity contribution >= 4 is 0 Å². The zero-order chi connectivity index (χ0) is 12.4. The number of aromatic nitrogens is 2. The summed E-state index contributed by atoms with van der Waals surface area (Å²) in [6.45, 7) is 2.92. The molecule has 0 amide bonds. The topological polar surface area (TPSA) is 47.1 Å². The van der Waals surface area contributed by atoms with E-state index in [1.54, 1.807) is 0 Å². The van der Waals surface area contributed by atoms with Crippen LogP contribution in [0, 0.1) is 0 Å². The van der Waals surface area contributed by atoms with E-state index in [1.165, 1.54) is 0 Å². The van der Waals surface area contributed by atoms with E-state index in [2.05, 4.69) is 26.6 Å². The average Bonchev–Trinajstić information content (AvgIpc) is 3.00. The summed E-state index contributed by atoms with van der Waals surface area (Å²) in [7, 11) is 0. The van der Waals surface area contributed by atoms with E-state index in [9.17, 15) is 0 Å². The molecule has 0 unspecified atom stereocenters. The van der Waals surface area contributed by atoms with E-state index < -0.39 is 0 Å². The highest BCUT2D eigenvalue weighted by Gasteiger charge is 2.20. The third kappa shape index (κ3) is 2.30. The van der Waals surface area contributed by atoms with Gasteiger partial charge in [0.1, 0.15) is 5.82 Å². The fourth-order valence-corrected chi connectivity index (χ4v) is 2.48. The van der Waals surface area contributed by atoms with Gasteiger partial charge >= 0.3 is 0 Å². The van der Waals surface area contributed by atoms with Gasteiger partial charge in [0.15, 0.2) is 0 Å². The summed E-state index contributed by atoms with van der Waals surface area (Å²) in [5.74, 6) is 1.08. The zero-order valence-electron chi connectivity index (χ0n) is 10.4. The molecule has 1 fully saturated rings. The molecule has 1 aliphatic heterocycles. The van der Waals surface area contributed by atoms with Crippen LogP contribution in [-0.4, -0.2) is 33.6 Å². The summed E-state index contributed by atoms with van der Waals surface area (Å²) >= 11 is 0. The minimum atomic E-state index is 0.324. The molecule has 0 spiro atoms. The summed E-state index contributed by atoms with van der Waals surface area (Å²) in [4.78, 5) is 6.83. The molecule has 4 nitrogen and oxygen atoms in total. The molecule has 3 rings (SSSR count). The molecule has 1 saturated heterocycles. The Kier molecular flexibility index (Phi) is 3.13. The first kappa shape index (κ1) is 11.4. The van der Waals surface area contributed by atoms with Gasteiger partial charge in [-0.1, -0.05) is 18.2 Å². The number of benzene rings is 1. The summed E-state index contributed by atoms with van der Waals surface area (Å²) in [6.07, 6.45) is 4.96. The van der Waals surface area contributed by atoms with Crippen LogP contribution in [0.1, 0.15) is 12.2 Å². The molecule has 0 aliphatic carbocycles. The summed E-state index contributed by atoms with van der Waals surface area (Å²) < 4.78 is 2.14. The van der Waals surface area contributed by atoms with Crippen molar-refractivity contribution in [3.63, 3.8) is 0 Å². The number of nitrogens with two attached hydrogens (primary N) is 1. The number of nitrogens with zero attached hydrogens (tertiary/aromatic N) is 3.